The zero-order valence-corrected chi connectivity index (χ0v) is 12.3. The van der Waals surface area contributed by atoms with Gasteiger partial charge in [-0.2, -0.15) is 0 Å². The first kappa shape index (κ1) is 13.6. The quantitative estimate of drug-likeness (QED) is 0.887. The average Bonchev–Trinajstić information content (AvgIpc) is 2.56. The van der Waals surface area contributed by atoms with E-state index >= 15 is 0 Å². The molecule has 0 saturated carbocycles. The van der Waals surface area contributed by atoms with Gasteiger partial charge in [-0.3, -0.25) is 0 Å². The first-order chi connectivity index (χ1) is 11.2. The van der Waals surface area contributed by atoms with E-state index in [0.29, 0.717) is 39.7 Å². The molecule has 0 amide bonds. The summed E-state index contributed by atoms with van der Waals surface area (Å²) in [6, 6.07) is 7.96. The fourth-order valence-corrected chi connectivity index (χ4v) is 2.79. The maximum atomic E-state index is 10.1. The summed E-state index contributed by atoms with van der Waals surface area (Å²) in [6.07, 6.45) is 0. The van der Waals surface area contributed by atoms with Gasteiger partial charge in [0.2, 0.25) is 6.79 Å². The van der Waals surface area contributed by atoms with Crippen LogP contribution in [0.1, 0.15) is 11.1 Å². The first-order valence-electron chi connectivity index (χ1n) is 7.03. The van der Waals surface area contributed by atoms with Crippen LogP contribution in [0.5, 0.6) is 28.7 Å². The molecule has 6 nitrogen and oxygen atoms in total. The minimum absolute atomic E-state index is 0.00713. The highest BCUT2D eigenvalue weighted by molar-refractivity contribution is 5.95. The molecule has 0 unspecified atom stereocenters. The minimum atomic E-state index is -0.0373. The Bertz CT molecular complexity index is 824. The molecule has 0 fully saturated rings. The van der Waals surface area contributed by atoms with Gasteiger partial charge in [0.05, 0.1) is 7.11 Å². The van der Waals surface area contributed by atoms with Crippen molar-refractivity contribution in [3.05, 3.63) is 41.5 Å². The minimum Gasteiger partial charge on any atom is -0.508 e. The number of phenols is 2. The Hall–Kier alpha value is -3.02. The highest BCUT2D eigenvalue weighted by atomic mass is 16.7. The van der Waals surface area contributed by atoms with Crippen molar-refractivity contribution in [3.63, 3.8) is 0 Å². The Balaban J connectivity index is 1.92. The van der Waals surface area contributed by atoms with E-state index in [9.17, 15) is 10.2 Å². The van der Waals surface area contributed by atoms with E-state index in [4.69, 9.17) is 18.9 Å². The zero-order valence-electron chi connectivity index (χ0n) is 12.3. The molecule has 0 spiro atoms. The maximum absolute atomic E-state index is 10.1. The van der Waals surface area contributed by atoms with Gasteiger partial charge in [0.1, 0.15) is 46.7 Å². The Morgan fingerprint density at radius 2 is 1.78 bits per heavy atom. The molecule has 2 aliphatic rings. The third kappa shape index (κ3) is 2.11. The number of hydrogen-bond donors (Lipinski definition) is 2. The molecule has 4 rings (SSSR count). The summed E-state index contributed by atoms with van der Waals surface area (Å²) in [4.78, 5) is 0. The Morgan fingerprint density at radius 1 is 1.00 bits per heavy atom. The van der Waals surface area contributed by atoms with Crippen LogP contribution in [0.3, 0.4) is 0 Å². The van der Waals surface area contributed by atoms with Crippen LogP contribution < -0.4 is 14.2 Å². The molecule has 118 valence electrons. The number of hydrogen-bond acceptors (Lipinski definition) is 6. The molecule has 2 heterocycles. The zero-order chi connectivity index (χ0) is 16.0. The van der Waals surface area contributed by atoms with Crippen LogP contribution in [0.2, 0.25) is 0 Å². The van der Waals surface area contributed by atoms with Crippen LogP contribution in [-0.2, 0) is 4.74 Å². The van der Waals surface area contributed by atoms with Crippen molar-refractivity contribution < 1.29 is 29.2 Å². The van der Waals surface area contributed by atoms with Crippen LogP contribution >= 0.6 is 0 Å². The largest absolute Gasteiger partial charge is 0.508 e. The monoisotopic (exact) mass is 314 g/mol. The number of ether oxygens (including phenoxy) is 4. The van der Waals surface area contributed by atoms with Gasteiger partial charge in [-0.25, -0.2) is 0 Å². The predicted molar refractivity (Wildman–Crippen MR) is 81.7 cm³/mol. The molecule has 6 heteroatoms. The van der Waals surface area contributed by atoms with Crippen molar-refractivity contribution >= 4 is 11.3 Å². The topological polar surface area (TPSA) is 77.4 Å². The lowest BCUT2D eigenvalue weighted by molar-refractivity contribution is 0.0774. The second kappa shape index (κ2) is 5.01. The van der Waals surface area contributed by atoms with Gasteiger partial charge in [-0.15, -0.1) is 0 Å². The fourth-order valence-electron chi connectivity index (χ4n) is 2.79. The lowest BCUT2D eigenvalue weighted by atomic mass is 9.97. The summed E-state index contributed by atoms with van der Waals surface area (Å²) in [5, 5.41) is 19.6. The fraction of sp³-hybridized carbons (Fsp3) is 0.176. The third-order valence-electron chi connectivity index (χ3n) is 3.87. The number of rotatable bonds is 2. The van der Waals surface area contributed by atoms with Crippen molar-refractivity contribution in [1.82, 2.24) is 0 Å². The van der Waals surface area contributed by atoms with Gasteiger partial charge in [-0.1, -0.05) is 0 Å². The Morgan fingerprint density at radius 3 is 2.52 bits per heavy atom. The van der Waals surface area contributed by atoms with Crippen molar-refractivity contribution in [1.29, 1.82) is 0 Å². The number of benzene rings is 2. The molecule has 0 aromatic heterocycles. The summed E-state index contributed by atoms with van der Waals surface area (Å²) in [5.74, 6) is 2.41. The molecule has 2 N–H and O–H groups in total. The number of methoxy groups -OCH3 is 1. The first-order valence-corrected chi connectivity index (χ1v) is 7.03. The Kier molecular flexibility index (Phi) is 2.97. The molecule has 2 aromatic rings. The van der Waals surface area contributed by atoms with E-state index in [2.05, 4.69) is 0 Å². The average molecular weight is 314 g/mol. The number of aromatic hydroxyl groups is 2. The van der Waals surface area contributed by atoms with E-state index in [1.807, 2.05) is 0 Å². The van der Waals surface area contributed by atoms with Gasteiger partial charge < -0.3 is 29.2 Å². The Labute approximate surface area is 132 Å². The summed E-state index contributed by atoms with van der Waals surface area (Å²) in [5.41, 5.74) is 1.95. The van der Waals surface area contributed by atoms with Gasteiger partial charge in [0.15, 0.2) is 0 Å². The van der Waals surface area contributed by atoms with Gasteiger partial charge in [-0.05, 0) is 12.1 Å². The molecule has 0 aliphatic carbocycles. The van der Waals surface area contributed by atoms with E-state index in [1.54, 1.807) is 25.3 Å². The third-order valence-corrected chi connectivity index (χ3v) is 3.87. The van der Waals surface area contributed by atoms with Crippen LogP contribution in [0, 0.1) is 0 Å². The molecule has 0 atom stereocenters. The summed E-state index contributed by atoms with van der Waals surface area (Å²) in [6.45, 7) is 0.296. The van der Waals surface area contributed by atoms with Crippen LogP contribution in [0.15, 0.2) is 30.3 Å². The lowest BCUT2D eigenvalue weighted by Crippen LogP contribution is -2.19. The molecule has 0 saturated heterocycles. The second-order valence-corrected chi connectivity index (χ2v) is 5.20. The predicted octanol–water partition coefficient (Wildman–Crippen LogP) is 2.73. The van der Waals surface area contributed by atoms with Gasteiger partial charge >= 0.3 is 0 Å². The van der Waals surface area contributed by atoms with Crippen molar-refractivity contribution in [3.8, 4) is 28.7 Å². The van der Waals surface area contributed by atoms with E-state index in [1.165, 1.54) is 12.1 Å². The highest BCUT2D eigenvalue weighted by Crippen LogP contribution is 2.48. The molecular weight excluding hydrogens is 300 g/mol. The van der Waals surface area contributed by atoms with Crippen molar-refractivity contribution in [2.24, 2.45) is 0 Å². The normalized spacial score (nSPS) is 15.2. The molecule has 0 bridgehead atoms. The van der Waals surface area contributed by atoms with Crippen LogP contribution in [0.25, 0.3) is 11.3 Å². The summed E-state index contributed by atoms with van der Waals surface area (Å²) in [7, 11) is 1.58. The summed E-state index contributed by atoms with van der Waals surface area (Å²) >= 11 is 0. The highest BCUT2D eigenvalue weighted by Gasteiger charge is 2.31. The molecule has 23 heavy (non-hydrogen) atoms. The van der Waals surface area contributed by atoms with Crippen molar-refractivity contribution in [2.45, 2.75) is 0 Å². The van der Waals surface area contributed by atoms with Crippen molar-refractivity contribution in [2.75, 3.05) is 20.5 Å². The second-order valence-electron chi connectivity index (χ2n) is 5.20. The molecular formula is C17H14O6. The van der Waals surface area contributed by atoms with E-state index in [-0.39, 0.29) is 24.9 Å². The van der Waals surface area contributed by atoms with Crippen LogP contribution in [-0.4, -0.2) is 30.7 Å². The maximum Gasteiger partial charge on any atom is 0.230 e. The SMILES string of the molecule is COc1cc2c3c(c1)OCC(c1ccc(O)cc1O)=C3OCO2. The molecule has 2 aromatic carbocycles. The standard InChI is InChI=1S/C17H14O6/c1-20-10-5-14-16-15(6-10)22-8-23-17(16)12(7-21-14)11-3-2-9(18)4-13(11)19/h2-6,18-19H,7-8H2,1H3. The van der Waals surface area contributed by atoms with Crippen LogP contribution in [0.4, 0.5) is 0 Å². The smallest absolute Gasteiger partial charge is 0.230 e. The number of phenolic OH excluding ortho intramolecular Hbond substituents is 2. The molecule has 0 radical (unpaired) electrons. The van der Waals surface area contributed by atoms with E-state index in [0.717, 1.165) is 0 Å². The van der Waals surface area contributed by atoms with E-state index < -0.39 is 0 Å². The van der Waals surface area contributed by atoms with Gasteiger partial charge in [0.25, 0.3) is 0 Å². The lowest BCUT2D eigenvalue weighted by Gasteiger charge is -2.30. The summed E-state index contributed by atoms with van der Waals surface area (Å²) < 4.78 is 22.2. The molecule has 2 aliphatic heterocycles. The van der Waals surface area contributed by atoms with Gasteiger partial charge in [0, 0.05) is 29.3 Å².